The molecule has 1 aromatic carbocycles. The summed E-state index contributed by atoms with van der Waals surface area (Å²) in [7, 11) is 0. The first-order valence-corrected chi connectivity index (χ1v) is 6.30. The monoisotopic (exact) mass is 299 g/mol. The molecule has 0 spiro atoms. The van der Waals surface area contributed by atoms with Crippen molar-refractivity contribution in [2.24, 2.45) is 0 Å². The number of nitrogens with zero attached hydrogens (tertiary/aromatic N) is 1. The van der Waals surface area contributed by atoms with Gasteiger partial charge in [-0.3, -0.25) is 0 Å². The number of ether oxygens (including phenoxy) is 1. The largest absolute Gasteiger partial charge is 0.447 e. The summed E-state index contributed by atoms with van der Waals surface area (Å²) in [6.45, 7) is -8.94. The summed E-state index contributed by atoms with van der Waals surface area (Å²) in [5, 5.41) is 0.426. The van der Waals surface area contributed by atoms with E-state index in [0.29, 0.717) is 21.4 Å². The zero-order chi connectivity index (χ0) is 25.1. The van der Waals surface area contributed by atoms with Gasteiger partial charge in [-0.1, -0.05) is 6.07 Å². The molecule has 1 amide bonds. The Bertz CT molecular complexity index is 1050. The van der Waals surface area contributed by atoms with E-state index in [-0.39, 0.29) is 17.3 Å². The van der Waals surface area contributed by atoms with Crippen LogP contribution < -0.4 is 5.31 Å². The van der Waals surface area contributed by atoms with E-state index in [2.05, 4.69) is 4.74 Å². The molecule has 1 saturated heterocycles. The van der Waals surface area contributed by atoms with E-state index in [1.807, 2.05) is 0 Å². The van der Waals surface area contributed by atoms with E-state index >= 15 is 0 Å². The van der Waals surface area contributed by atoms with Crippen molar-refractivity contribution in [2.75, 3.05) is 27.1 Å². The molecule has 0 aliphatic carbocycles. The minimum atomic E-state index is -2.88. The summed E-state index contributed by atoms with van der Waals surface area (Å²) in [6, 6.07) is 2.09. The van der Waals surface area contributed by atoms with Crippen LogP contribution >= 0.6 is 0 Å². The molecular weight excluding hydrogens is 266 g/mol. The van der Waals surface area contributed by atoms with Crippen LogP contribution in [0.5, 0.6) is 0 Å². The lowest BCUT2D eigenvalue weighted by molar-refractivity contribution is 0.177. The van der Waals surface area contributed by atoms with Gasteiger partial charge in [-0.25, -0.2) is 4.79 Å². The summed E-state index contributed by atoms with van der Waals surface area (Å²) in [6.07, 6.45) is -2.64. The molecule has 2 heterocycles. The number of hydrogen-bond donors (Lipinski definition) is 2. The predicted octanol–water partition coefficient (Wildman–Crippen LogP) is 1.92. The maximum atomic E-state index is 11.6. The fraction of sp³-hybridized carbons (Fsp3) is 0.438. The summed E-state index contributed by atoms with van der Waals surface area (Å²) in [4.78, 5) is 13.0. The molecule has 1 aromatic heterocycles. The lowest BCUT2D eigenvalue weighted by Gasteiger charge is -2.09. The number of likely N-dealkylation sites (N-methyl/N-ethyl adjacent to an activating group) is 1. The van der Waals surface area contributed by atoms with E-state index < -0.39 is 45.6 Å². The molecule has 1 aliphatic heterocycles. The summed E-state index contributed by atoms with van der Waals surface area (Å²) < 4.78 is 97.6. The Morgan fingerprint density at radius 3 is 3.29 bits per heavy atom. The van der Waals surface area contributed by atoms with Gasteiger partial charge in [0.15, 0.2) is 2.82 Å². The molecule has 0 saturated carbocycles. The normalized spacial score (nSPS) is 31.4. The highest BCUT2D eigenvalue weighted by molar-refractivity contribution is 5.84. The van der Waals surface area contributed by atoms with E-state index in [9.17, 15) is 4.79 Å². The van der Waals surface area contributed by atoms with Gasteiger partial charge in [-0.15, -0.1) is 0 Å². The molecule has 2 aromatic rings. The maximum Gasteiger partial charge on any atom is 0.407 e. The van der Waals surface area contributed by atoms with Gasteiger partial charge >= 0.3 is 6.09 Å². The standard InChI is InChI=1S/C16H21N3O2/c1-19(2)6-5-12-9-17-15-4-3-11(8-14(12)15)7-13-10-21-16(20)18-13/h3-4,8-9,13,17H,5-7,10H2,1-2H3,(H,18,20)/t13-/m0/s1/i1D3,2D3,7D2,10D2/hD2. The molecule has 3 rings (SSSR count). The van der Waals surface area contributed by atoms with Crippen LogP contribution in [0.25, 0.3) is 10.9 Å². The zero-order valence-corrected chi connectivity index (χ0v) is 11.0. The van der Waals surface area contributed by atoms with Crippen LogP contribution in [0.1, 0.15) is 24.8 Å². The van der Waals surface area contributed by atoms with Crippen molar-refractivity contribution in [3.05, 3.63) is 35.5 Å². The van der Waals surface area contributed by atoms with Crippen LogP contribution in [-0.2, 0) is 17.5 Å². The second-order valence-electron chi connectivity index (χ2n) is 4.58. The Morgan fingerprint density at radius 2 is 2.52 bits per heavy atom. The van der Waals surface area contributed by atoms with E-state index in [4.69, 9.17) is 16.5 Å². The van der Waals surface area contributed by atoms with Gasteiger partial charge in [0.1, 0.15) is 6.56 Å². The van der Waals surface area contributed by atoms with Gasteiger partial charge in [-0.05, 0) is 50.0 Å². The van der Waals surface area contributed by atoms with E-state index in [1.54, 1.807) is 0 Å². The lowest BCUT2D eigenvalue weighted by atomic mass is 10.0. The van der Waals surface area contributed by atoms with Crippen LogP contribution in [-0.4, -0.2) is 49.1 Å². The molecule has 1 aliphatic rings. The fourth-order valence-electron chi connectivity index (χ4n) is 2.13. The summed E-state index contributed by atoms with van der Waals surface area (Å²) >= 11 is 0. The van der Waals surface area contributed by atoms with Crippen LogP contribution in [0.4, 0.5) is 4.79 Å². The topological polar surface area (TPSA) is 57.4 Å². The number of rotatable bonds is 5. The Hall–Kier alpha value is -2.01. The maximum absolute atomic E-state index is 11.6. The second kappa shape index (κ2) is 5.77. The van der Waals surface area contributed by atoms with Crippen molar-refractivity contribution >= 4 is 17.0 Å². The molecule has 0 unspecified atom stereocenters. The number of H-pyrrole nitrogens is 1. The van der Waals surface area contributed by atoms with Crippen molar-refractivity contribution in [3.8, 4) is 0 Å². The third kappa shape index (κ3) is 3.19. The molecule has 21 heavy (non-hydrogen) atoms. The van der Waals surface area contributed by atoms with Gasteiger partial charge in [0.25, 0.3) is 0 Å². The molecule has 1 atom stereocenters. The average Bonchev–Trinajstić information content (AvgIpc) is 3.05. The number of hydrogen-bond acceptors (Lipinski definition) is 3. The molecule has 1 fully saturated rings. The molecule has 5 nitrogen and oxygen atoms in total. The quantitative estimate of drug-likeness (QED) is 0.887. The Labute approximate surface area is 141 Å². The van der Waals surface area contributed by atoms with Gasteiger partial charge in [0, 0.05) is 34.6 Å². The van der Waals surface area contributed by atoms with Crippen molar-refractivity contribution in [1.82, 2.24) is 15.2 Å². The Morgan fingerprint density at radius 1 is 1.62 bits per heavy atom. The first-order valence-electron chi connectivity index (χ1n) is 12.2. The van der Waals surface area contributed by atoms with Crippen LogP contribution in [0.2, 0.25) is 2.82 Å². The predicted molar refractivity (Wildman–Crippen MR) is 82.5 cm³/mol. The first kappa shape index (κ1) is 5.65. The average molecular weight is 299 g/mol. The number of carbonyl (C=O) groups excluding carboxylic acids is 1. The van der Waals surface area contributed by atoms with Gasteiger partial charge < -0.3 is 19.9 Å². The number of cyclic esters (lactones) is 1. The number of amides is 1. The number of fused-ring (bicyclic) bond motifs is 1. The second-order valence-corrected chi connectivity index (χ2v) is 4.58. The van der Waals surface area contributed by atoms with Gasteiger partial charge in [-0.2, -0.15) is 0 Å². The molecule has 0 bridgehead atoms. The number of aromatic nitrogens is 1. The number of alkyl carbamates (subject to hydrolysis) is 1. The van der Waals surface area contributed by atoms with Crippen molar-refractivity contribution < 1.29 is 26.1 Å². The highest BCUT2D eigenvalue weighted by Gasteiger charge is 2.22. The SMILES string of the molecule is [2H]N1C(=O)OC([2H])([2H])[C@@H]1C([2H])([2H])c1ccc2c(c1)c(CCN(C([2H])([2H])[2H])C([2H])([2H])[2H])cn2[2H]. The van der Waals surface area contributed by atoms with Crippen LogP contribution in [0, 0.1) is 0 Å². The highest BCUT2D eigenvalue weighted by atomic mass is 16.6. The fourth-order valence-corrected chi connectivity index (χ4v) is 2.13. The molecular formula is C16H21N3O2. The smallest absolute Gasteiger partial charge is 0.407 e. The third-order valence-corrected chi connectivity index (χ3v) is 3.10. The van der Waals surface area contributed by atoms with Crippen molar-refractivity contribution in [1.29, 1.82) is 0 Å². The van der Waals surface area contributed by atoms with Crippen molar-refractivity contribution in [2.45, 2.75) is 18.8 Å². The molecule has 112 valence electrons. The Kier molecular flexibility index (Phi) is 1.55. The lowest BCUT2D eigenvalue weighted by Crippen LogP contribution is -2.28. The minimum absolute atomic E-state index is 0.0813. The van der Waals surface area contributed by atoms with E-state index in [1.165, 1.54) is 24.4 Å². The highest BCUT2D eigenvalue weighted by Crippen LogP contribution is 2.21. The number of benzene rings is 1. The zero-order valence-electron chi connectivity index (χ0n) is 23.0. The van der Waals surface area contributed by atoms with E-state index in [0.717, 1.165) is 4.98 Å². The number of aromatic amines is 1. The Balaban J connectivity index is 2.00. The molecule has 5 heteroatoms. The number of carbonyl (C=O) groups is 1. The first-order chi connectivity index (χ1) is 14.9. The number of nitrogens with one attached hydrogen (secondary N) is 2. The summed E-state index contributed by atoms with van der Waals surface area (Å²) in [5.74, 6) is 0. The van der Waals surface area contributed by atoms with Gasteiger partial charge in [0.2, 0.25) is 0 Å². The van der Waals surface area contributed by atoms with Crippen LogP contribution in [0.3, 0.4) is 0 Å². The minimum Gasteiger partial charge on any atom is -0.447 e. The van der Waals surface area contributed by atoms with Crippen LogP contribution in [0.15, 0.2) is 24.4 Å². The third-order valence-electron chi connectivity index (χ3n) is 3.10. The molecule has 2 N–H and O–H groups in total. The van der Waals surface area contributed by atoms with Crippen molar-refractivity contribution in [3.63, 3.8) is 0 Å². The van der Waals surface area contributed by atoms with Gasteiger partial charge in [0.05, 0.1) is 8.78 Å². The summed E-state index contributed by atoms with van der Waals surface area (Å²) in [5.41, 5.74) is 0.597. The molecule has 0 radical (unpaired) electrons.